The highest BCUT2D eigenvalue weighted by atomic mass is 14.3. The summed E-state index contributed by atoms with van der Waals surface area (Å²) in [6, 6.07) is 0. The third-order valence-corrected chi connectivity index (χ3v) is 4.03. The van der Waals surface area contributed by atoms with Crippen LogP contribution in [0.25, 0.3) is 0 Å². The fraction of sp³-hybridized carbons (Fsp3) is 0.833. The maximum Gasteiger partial charge on any atom is -0.0175 e. The van der Waals surface area contributed by atoms with E-state index in [1.165, 1.54) is 38.5 Å². The van der Waals surface area contributed by atoms with Gasteiger partial charge in [0.15, 0.2) is 0 Å². The molecule has 0 amide bonds. The molecule has 2 aliphatic carbocycles. The van der Waals surface area contributed by atoms with Gasteiger partial charge in [-0.1, -0.05) is 24.0 Å². The van der Waals surface area contributed by atoms with Gasteiger partial charge in [0.2, 0.25) is 0 Å². The summed E-state index contributed by atoms with van der Waals surface area (Å²) in [4.78, 5) is 0. The minimum absolute atomic E-state index is 0.979. The first kappa shape index (κ1) is 8.34. The van der Waals surface area contributed by atoms with Gasteiger partial charge in [0, 0.05) is 0 Å². The van der Waals surface area contributed by atoms with Gasteiger partial charge in [-0.2, -0.15) is 0 Å². The molecule has 0 saturated heterocycles. The van der Waals surface area contributed by atoms with Crippen LogP contribution in [0.1, 0.15) is 52.4 Å². The SMILES string of the molecule is CC1=C(C)C2CCCCC2CC1. The topological polar surface area (TPSA) is 0 Å². The van der Waals surface area contributed by atoms with E-state index in [1.54, 1.807) is 11.1 Å². The minimum Gasteiger partial charge on any atom is -0.0741 e. The third-order valence-electron chi connectivity index (χ3n) is 4.03. The summed E-state index contributed by atoms with van der Waals surface area (Å²) in [5, 5.41) is 0. The van der Waals surface area contributed by atoms with Gasteiger partial charge in [-0.3, -0.25) is 0 Å². The molecule has 0 N–H and O–H groups in total. The summed E-state index contributed by atoms with van der Waals surface area (Å²) >= 11 is 0. The summed E-state index contributed by atoms with van der Waals surface area (Å²) in [5.74, 6) is 2.04. The standard InChI is InChI=1S/C12H20/c1-9-7-8-11-5-3-4-6-12(11)10(9)2/h11-12H,3-8H2,1-2H3. The molecule has 0 bridgehead atoms. The number of rotatable bonds is 0. The summed E-state index contributed by atoms with van der Waals surface area (Å²) in [6.45, 7) is 4.71. The normalized spacial score (nSPS) is 36.5. The fourth-order valence-electron chi connectivity index (χ4n) is 3.04. The molecule has 1 saturated carbocycles. The highest BCUT2D eigenvalue weighted by molar-refractivity contribution is 5.18. The molecule has 2 atom stereocenters. The zero-order valence-corrected chi connectivity index (χ0v) is 8.40. The average molecular weight is 164 g/mol. The van der Waals surface area contributed by atoms with Crippen molar-refractivity contribution >= 4 is 0 Å². The Balaban J connectivity index is 2.17. The predicted molar refractivity (Wildman–Crippen MR) is 53.1 cm³/mol. The van der Waals surface area contributed by atoms with E-state index < -0.39 is 0 Å². The molecular weight excluding hydrogens is 144 g/mol. The number of hydrogen-bond donors (Lipinski definition) is 0. The van der Waals surface area contributed by atoms with Crippen molar-refractivity contribution in [3.8, 4) is 0 Å². The van der Waals surface area contributed by atoms with Gasteiger partial charge in [-0.15, -0.1) is 0 Å². The first-order chi connectivity index (χ1) is 5.79. The zero-order chi connectivity index (χ0) is 8.55. The lowest BCUT2D eigenvalue weighted by Gasteiger charge is -2.37. The van der Waals surface area contributed by atoms with Crippen molar-refractivity contribution < 1.29 is 0 Å². The Hall–Kier alpha value is -0.260. The number of allylic oxidation sites excluding steroid dienone is 2. The molecular formula is C12H20. The molecule has 2 unspecified atom stereocenters. The second-order valence-corrected chi connectivity index (χ2v) is 4.65. The van der Waals surface area contributed by atoms with E-state index >= 15 is 0 Å². The fourth-order valence-corrected chi connectivity index (χ4v) is 3.04. The molecule has 0 spiro atoms. The van der Waals surface area contributed by atoms with E-state index in [0.717, 1.165) is 11.8 Å². The van der Waals surface area contributed by atoms with Crippen LogP contribution < -0.4 is 0 Å². The van der Waals surface area contributed by atoms with E-state index in [2.05, 4.69) is 13.8 Å². The van der Waals surface area contributed by atoms with Crippen LogP contribution in [0.3, 0.4) is 0 Å². The monoisotopic (exact) mass is 164 g/mol. The van der Waals surface area contributed by atoms with Crippen LogP contribution in [0.15, 0.2) is 11.1 Å². The van der Waals surface area contributed by atoms with Gasteiger partial charge in [0.25, 0.3) is 0 Å². The Morgan fingerprint density at radius 1 is 1.00 bits per heavy atom. The van der Waals surface area contributed by atoms with E-state index in [4.69, 9.17) is 0 Å². The van der Waals surface area contributed by atoms with Gasteiger partial charge in [0.1, 0.15) is 0 Å². The molecule has 1 fully saturated rings. The first-order valence-corrected chi connectivity index (χ1v) is 5.45. The summed E-state index contributed by atoms with van der Waals surface area (Å²) < 4.78 is 0. The van der Waals surface area contributed by atoms with Crippen molar-refractivity contribution in [2.45, 2.75) is 52.4 Å². The van der Waals surface area contributed by atoms with Crippen LogP contribution in [-0.4, -0.2) is 0 Å². The maximum absolute atomic E-state index is 2.37. The minimum atomic E-state index is 0.979. The van der Waals surface area contributed by atoms with E-state index in [9.17, 15) is 0 Å². The zero-order valence-electron chi connectivity index (χ0n) is 8.40. The second-order valence-electron chi connectivity index (χ2n) is 4.65. The van der Waals surface area contributed by atoms with Gasteiger partial charge in [-0.25, -0.2) is 0 Å². The van der Waals surface area contributed by atoms with Crippen LogP contribution in [0, 0.1) is 11.8 Å². The second kappa shape index (κ2) is 3.24. The Bertz CT molecular complexity index is 200. The Morgan fingerprint density at radius 2 is 1.75 bits per heavy atom. The van der Waals surface area contributed by atoms with Crippen LogP contribution in [-0.2, 0) is 0 Å². The van der Waals surface area contributed by atoms with E-state index in [0.29, 0.717) is 0 Å². The van der Waals surface area contributed by atoms with E-state index in [-0.39, 0.29) is 0 Å². The molecule has 0 nitrogen and oxygen atoms in total. The molecule has 0 heterocycles. The highest BCUT2D eigenvalue weighted by Crippen LogP contribution is 2.42. The molecule has 0 aromatic heterocycles. The van der Waals surface area contributed by atoms with Crippen molar-refractivity contribution in [1.82, 2.24) is 0 Å². The quantitative estimate of drug-likeness (QED) is 0.476. The predicted octanol–water partition coefficient (Wildman–Crippen LogP) is 3.92. The summed E-state index contributed by atoms with van der Waals surface area (Å²) in [5.41, 5.74) is 3.43. The Morgan fingerprint density at radius 3 is 2.58 bits per heavy atom. The average Bonchev–Trinajstić information content (AvgIpc) is 2.12. The molecule has 2 aliphatic rings. The largest absolute Gasteiger partial charge is 0.0741 e. The van der Waals surface area contributed by atoms with Crippen LogP contribution in [0.5, 0.6) is 0 Å². The van der Waals surface area contributed by atoms with E-state index in [1.807, 2.05) is 0 Å². The van der Waals surface area contributed by atoms with Crippen molar-refractivity contribution in [3.63, 3.8) is 0 Å². The third kappa shape index (κ3) is 1.32. The molecule has 0 aromatic rings. The highest BCUT2D eigenvalue weighted by Gasteiger charge is 2.29. The Labute approximate surface area is 76.1 Å². The number of hydrogen-bond acceptors (Lipinski definition) is 0. The molecule has 0 aliphatic heterocycles. The first-order valence-electron chi connectivity index (χ1n) is 5.45. The van der Waals surface area contributed by atoms with Gasteiger partial charge in [0.05, 0.1) is 0 Å². The van der Waals surface area contributed by atoms with Crippen LogP contribution in [0.4, 0.5) is 0 Å². The van der Waals surface area contributed by atoms with Crippen molar-refractivity contribution in [2.24, 2.45) is 11.8 Å². The van der Waals surface area contributed by atoms with Crippen LogP contribution >= 0.6 is 0 Å². The molecule has 0 radical (unpaired) electrons. The number of fused-ring (bicyclic) bond motifs is 1. The molecule has 0 heteroatoms. The smallest absolute Gasteiger partial charge is 0.0175 e. The maximum atomic E-state index is 2.37. The van der Waals surface area contributed by atoms with Gasteiger partial charge in [-0.05, 0) is 51.4 Å². The molecule has 68 valence electrons. The van der Waals surface area contributed by atoms with Crippen molar-refractivity contribution in [1.29, 1.82) is 0 Å². The lowest BCUT2D eigenvalue weighted by molar-refractivity contribution is 0.241. The molecule has 2 rings (SSSR count). The van der Waals surface area contributed by atoms with Gasteiger partial charge < -0.3 is 0 Å². The van der Waals surface area contributed by atoms with Crippen molar-refractivity contribution in [2.75, 3.05) is 0 Å². The molecule has 12 heavy (non-hydrogen) atoms. The summed E-state index contributed by atoms with van der Waals surface area (Å²) in [6.07, 6.45) is 8.82. The lowest BCUT2D eigenvalue weighted by atomic mass is 9.69. The van der Waals surface area contributed by atoms with Gasteiger partial charge >= 0.3 is 0 Å². The van der Waals surface area contributed by atoms with Crippen LogP contribution in [0.2, 0.25) is 0 Å². The Kier molecular flexibility index (Phi) is 2.25. The lowest BCUT2D eigenvalue weighted by Crippen LogP contribution is -2.24. The molecule has 0 aromatic carbocycles. The van der Waals surface area contributed by atoms with Crippen molar-refractivity contribution in [3.05, 3.63) is 11.1 Å². The summed E-state index contributed by atoms with van der Waals surface area (Å²) in [7, 11) is 0.